The molecule has 2 N–H and O–H groups in total. The maximum atomic E-state index is 13.1. The molecule has 190 valence electrons. The average Bonchev–Trinajstić information content (AvgIpc) is 2.88. The molecular formula is C24H30N2O9. The number of ether oxygens (including phenoxy) is 4. The van der Waals surface area contributed by atoms with Gasteiger partial charge in [-0.3, -0.25) is 9.69 Å². The molecule has 0 unspecified atom stereocenters. The summed E-state index contributed by atoms with van der Waals surface area (Å²) in [4.78, 5) is 35.5. The second-order valence-corrected chi connectivity index (χ2v) is 7.39. The van der Waals surface area contributed by atoms with Crippen LogP contribution in [-0.2, 0) is 16.1 Å². The van der Waals surface area contributed by atoms with Gasteiger partial charge in [0, 0.05) is 38.3 Å². The SMILES string of the molecule is COc1ccc(OC)c(CN2CCN(C(=O)c3c(OC)cccc3OC)CC2)c1.O=C(O)C(=O)O. The van der Waals surface area contributed by atoms with Gasteiger partial charge < -0.3 is 34.1 Å². The summed E-state index contributed by atoms with van der Waals surface area (Å²) in [7, 11) is 6.45. The van der Waals surface area contributed by atoms with E-state index in [4.69, 9.17) is 38.7 Å². The van der Waals surface area contributed by atoms with Crippen LogP contribution in [0.4, 0.5) is 0 Å². The molecule has 0 bridgehead atoms. The maximum absolute atomic E-state index is 13.1. The number of rotatable bonds is 7. The zero-order chi connectivity index (χ0) is 26.0. The number of carbonyl (C=O) groups excluding carboxylic acids is 1. The maximum Gasteiger partial charge on any atom is 0.414 e. The molecule has 1 aliphatic heterocycles. The van der Waals surface area contributed by atoms with E-state index in [0.29, 0.717) is 30.2 Å². The zero-order valence-electron chi connectivity index (χ0n) is 20.1. The molecule has 0 atom stereocenters. The second-order valence-electron chi connectivity index (χ2n) is 7.39. The largest absolute Gasteiger partial charge is 0.497 e. The van der Waals surface area contributed by atoms with E-state index in [0.717, 1.165) is 36.7 Å². The van der Waals surface area contributed by atoms with Crippen LogP contribution in [0.2, 0.25) is 0 Å². The Balaban J connectivity index is 0.000000641. The second kappa shape index (κ2) is 13.0. The monoisotopic (exact) mass is 490 g/mol. The summed E-state index contributed by atoms with van der Waals surface area (Å²) >= 11 is 0. The summed E-state index contributed by atoms with van der Waals surface area (Å²) in [6.45, 7) is 3.53. The van der Waals surface area contributed by atoms with Gasteiger partial charge in [0.1, 0.15) is 28.6 Å². The van der Waals surface area contributed by atoms with Crippen molar-refractivity contribution in [2.75, 3.05) is 54.6 Å². The Kier molecular flexibility index (Phi) is 10.2. The number of hydrogen-bond acceptors (Lipinski definition) is 8. The zero-order valence-corrected chi connectivity index (χ0v) is 20.1. The Morgan fingerprint density at radius 1 is 0.771 bits per heavy atom. The molecule has 0 radical (unpaired) electrons. The number of hydrogen-bond donors (Lipinski definition) is 2. The number of carboxylic acid groups (broad SMARTS) is 2. The molecule has 3 rings (SSSR count). The van der Waals surface area contributed by atoms with Crippen molar-refractivity contribution in [2.24, 2.45) is 0 Å². The molecule has 1 saturated heterocycles. The number of methoxy groups -OCH3 is 4. The first-order valence-electron chi connectivity index (χ1n) is 10.6. The number of piperazine rings is 1. The minimum Gasteiger partial charge on any atom is -0.497 e. The lowest BCUT2D eigenvalue weighted by molar-refractivity contribution is -0.159. The van der Waals surface area contributed by atoms with Gasteiger partial charge in [0.05, 0.1) is 28.4 Å². The van der Waals surface area contributed by atoms with E-state index in [-0.39, 0.29) is 5.91 Å². The van der Waals surface area contributed by atoms with E-state index < -0.39 is 11.9 Å². The molecule has 11 heteroatoms. The van der Waals surface area contributed by atoms with Crippen LogP contribution in [-0.4, -0.2) is 92.5 Å². The Labute approximate surface area is 203 Å². The number of carboxylic acids is 2. The molecule has 0 aromatic heterocycles. The van der Waals surface area contributed by atoms with Crippen LogP contribution in [0, 0.1) is 0 Å². The van der Waals surface area contributed by atoms with E-state index in [2.05, 4.69) is 4.90 Å². The molecule has 2 aromatic rings. The van der Waals surface area contributed by atoms with Crippen LogP contribution in [0.1, 0.15) is 15.9 Å². The normalized spacial score (nSPS) is 13.2. The van der Waals surface area contributed by atoms with E-state index in [9.17, 15) is 4.79 Å². The minimum absolute atomic E-state index is 0.0714. The van der Waals surface area contributed by atoms with Gasteiger partial charge in [-0.15, -0.1) is 0 Å². The fourth-order valence-corrected chi connectivity index (χ4v) is 3.58. The molecular weight excluding hydrogens is 460 g/mol. The van der Waals surface area contributed by atoms with Crippen LogP contribution in [0.3, 0.4) is 0 Å². The summed E-state index contributed by atoms with van der Waals surface area (Å²) < 4.78 is 21.6. The van der Waals surface area contributed by atoms with Gasteiger partial charge >= 0.3 is 11.9 Å². The van der Waals surface area contributed by atoms with Crippen molar-refractivity contribution < 1.29 is 43.5 Å². The first kappa shape index (κ1) is 27.3. The third-order valence-corrected chi connectivity index (χ3v) is 5.37. The standard InChI is InChI=1S/C22H28N2O5.C2H2O4/c1-26-17-8-9-18(27-2)16(14-17)15-23-10-12-24(13-11-23)22(25)21-19(28-3)6-5-7-20(21)29-4;3-1(4)2(5)6/h5-9,14H,10-13,15H2,1-4H3;(H,3,4)(H,5,6). The number of aliphatic carboxylic acids is 2. The van der Waals surface area contributed by atoms with Gasteiger partial charge in [0.2, 0.25) is 0 Å². The highest BCUT2D eigenvalue weighted by Gasteiger charge is 2.27. The average molecular weight is 491 g/mol. The van der Waals surface area contributed by atoms with E-state index >= 15 is 0 Å². The number of nitrogens with zero attached hydrogens (tertiary/aromatic N) is 2. The Hall–Kier alpha value is -3.99. The molecule has 0 spiro atoms. The fraction of sp³-hybridized carbons (Fsp3) is 0.375. The van der Waals surface area contributed by atoms with Crippen molar-refractivity contribution in [1.82, 2.24) is 9.80 Å². The Bertz CT molecular complexity index is 999. The van der Waals surface area contributed by atoms with Gasteiger partial charge in [0.25, 0.3) is 5.91 Å². The molecule has 1 amide bonds. The van der Waals surface area contributed by atoms with E-state index in [1.54, 1.807) is 40.6 Å². The van der Waals surface area contributed by atoms with Crippen molar-refractivity contribution in [3.05, 3.63) is 47.5 Å². The minimum atomic E-state index is -1.82. The van der Waals surface area contributed by atoms with E-state index in [1.807, 2.05) is 29.2 Å². The summed E-state index contributed by atoms with van der Waals surface area (Å²) in [5, 5.41) is 14.8. The molecule has 1 aliphatic rings. The molecule has 35 heavy (non-hydrogen) atoms. The van der Waals surface area contributed by atoms with Crippen molar-refractivity contribution in [1.29, 1.82) is 0 Å². The predicted octanol–water partition coefficient (Wildman–Crippen LogP) is 1.83. The topological polar surface area (TPSA) is 135 Å². The number of carbonyl (C=O) groups is 3. The summed E-state index contributed by atoms with van der Waals surface area (Å²) in [5.41, 5.74) is 1.54. The highest BCUT2D eigenvalue weighted by molar-refractivity contribution is 6.27. The molecule has 11 nitrogen and oxygen atoms in total. The first-order chi connectivity index (χ1) is 16.7. The third-order valence-electron chi connectivity index (χ3n) is 5.37. The van der Waals surface area contributed by atoms with Crippen LogP contribution in [0.15, 0.2) is 36.4 Å². The number of benzene rings is 2. The fourth-order valence-electron chi connectivity index (χ4n) is 3.58. The highest BCUT2D eigenvalue weighted by atomic mass is 16.5. The highest BCUT2D eigenvalue weighted by Crippen LogP contribution is 2.30. The van der Waals surface area contributed by atoms with Crippen molar-refractivity contribution in [2.45, 2.75) is 6.54 Å². The molecule has 2 aromatic carbocycles. The Morgan fingerprint density at radius 2 is 1.31 bits per heavy atom. The van der Waals surface area contributed by atoms with Gasteiger partial charge in [0.15, 0.2) is 0 Å². The lowest BCUT2D eigenvalue weighted by atomic mass is 10.1. The Morgan fingerprint density at radius 3 is 1.77 bits per heavy atom. The van der Waals surface area contributed by atoms with E-state index in [1.165, 1.54) is 0 Å². The summed E-state index contributed by atoms with van der Waals surface area (Å²) in [6.07, 6.45) is 0. The van der Waals surface area contributed by atoms with Gasteiger partial charge in [-0.1, -0.05) is 6.07 Å². The molecule has 1 fully saturated rings. The lowest BCUT2D eigenvalue weighted by Crippen LogP contribution is -2.48. The predicted molar refractivity (Wildman–Crippen MR) is 126 cm³/mol. The molecule has 0 aliphatic carbocycles. The van der Waals surface area contributed by atoms with Gasteiger partial charge in [-0.25, -0.2) is 9.59 Å². The summed E-state index contributed by atoms with van der Waals surface area (Å²) in [5.74, 6) is -1.03. The van der Waals surface area contributed by atoms with Crippen molar-refractivity contribution in [3.63, 3.8) is 0 Å². The quantitative estimate of drug-likeness (QED) is 0.554. The van der Waals surface area contributed by atoms with Gasteiger partial charge in [-0.2, -0.15) is 0 Å². The molecule has 0 saturated carbocycles. The van der Waals surface area contributed by atoms with Crippen molar-refractivity contribution in [3.8, 4) is 23.0 Å². The number of amides is 1. The summed E-state index contributed by atoms with van der Waals surface area (Å²) in [6, 6.07) is 11.2. The third kappa shape index (κ3) is 7.24. The van der Waals surface area contributed by atoms with Crippen LogP contribution in [0.5, 0.6) is 23.0 Å². The van der Waals surface area contributed by atoms with Crippen LogP contribution >= 0.6 is 0 Å². The first-order valence-corrected chi connectivity index (χ1v) is 10.6. The van der Waals surface area contributed by atoms with Crippen molar-refractivity contribution >= 4 is 17.8 Å². The van der Waals surface area contributed by atoms with Crippen LogP contribution < -0.4 is 18.9 Å². The van der Waals surface area contributed by atoms with Gasteiger partial charge in [-0.05, 0) is 30.3 Å². The molecule has 1 heterocycles. The smallest absolute Gasteiger partial charge is 0.414 e. The van der Waals surface area contributed by atoms with Crippen LogP contribution in [0.25, 0.3) is 0 Å². The lowest BCUT2D eigenvalue weighted by Gasteiger charge is -2.35.